The van der Waals surface area contributed by atoms with Crippen molar-refractivity contribution in [2.45, 2.75) is 19.9 Å². The molecular weight excluding hydrogens is 234 g/mol. The van der Waals surface area contributed by atoms with Gasteiger partial charge < -0.3 is 9.15 Å². The van der Waals surface area contributed by atoms with E-state index in [1.807, 2.05) is 13.0 Å². The topological polar surface area (TPSA) is 80.7 Å². The molecular formula is C12H19N3O3. The van der Waals surface area contributed by atoms with Gasteiger partial charge in [0.25, 0.3) is 0 Å². The smallest absolute Gasteiger partial charge is 0.301 e. The fourth-order valence-electron chi connectivity index (χ4n) is 2.09. The first kappa shape index (κ1) is 13.1. The summed E-state index contributed by atoms with van der Waals surface area (Å²) in [6.07, 6.45) is 1.02. The first-order valence-electron chi connectivity index (χ1n) is 6.11. The van der Waals surface area contributed by atoms with Gasteiger partial charge in [-0.1, -0.05) is 0 Å². The highest BCUT2D eigenvalue weighted by Crippen LogP contribution is 2.16. The van der Waals surface area contributed by atoms with Crippen LogP contribution in [0.5, 0.6) is 0 Å². The van der Waals surface area contributed by atoms with Crippen molar-refractivity contribution in [1.82, 2.24) is 10.3 Å². The van der Waals surface area contributed by atoms with E-state index in [-0.39, 0.29) is 0 Å². The Morgan fingerprint density at radius 3 is 3.11 bits per heavy atom. The molecule has 2 rings (SSSR count). The quantitative estimate of drug-likeness (QED) is 0.463. The summed E-state index contributed by atoms with van der Waals surface area (Å²) < 4.78 is 10.9. The van der Waals surface area contributed by atoms with Gasteiger partial charge in [0.1, 0.15) is 5.76 Å². The van der Waals surface area contributed by atoms with Crippen LogP contribution < -0.4 is 11.3 Å². The first-order chi connectivity index (χ1) is 8.70. The molecule has 3 N–H and O–H groups in total. The predicted octanol–water partition coefficient (Wildman–Crippen LogP) is 0.414. The number of aryl methyl sites for hydroxylation is 1. The van der Waals surface area contributed by atoms with Gasteiger partial charge in [0.05, 0.1) is 13.2 Å². The molecule has 0 aromatic carbocycles. The molecule has 1 aromatic rings. The van der Waals surface area contributed by atoms with E-state index in [2.05, 4.69) is 10.3 Å². The van der Waals surface area contributed by atoms with E-state index in [0.717, 1.165) is 44.0 Å². The molecule has 1 aromatic heterocycles. The number of hydrogen-bond acceptors (Lipinski definition) is 5. The summed E-state index contributed by atoms with van der Waals surface area (Å²) >= 11 is 0. The lowest BCUT2D eigenvalue weighted by Gasteiger charge is -2.16. The maximum Gasteiger partial charge on any atom is 0.301 e. The maximum absolute atomic E-state index is 11.4. The highest BCUT2D eigenvalue weighted by Gasteiger charge is 2.17. The summed E-state index contributed by atoms with van der Waals surface area (Å²) in [5.74, 6) is 5.79. The number of rotatable bonds is 3. The van der Waals surface area contributed by atoms with Crippen molar-refractivity contribution in [3.63, 3.8) is 0 Å². The standard InChI is InChI=1S/C12H19N3O3/c1-9-7-10(18-11(9)12(16)14-13)8-15-3-2-5-17-6-4-15/h7H,2-6,8,13H2,1H3,(H,14,16). The van der Waals surface area contributed by atoms with E-state index in [9.17, 15) is 4.79 Å². The van der Waals surface area contributed by atoms with Gasteiger partial charge in [-0.3, -0.25) is 15.1 Å². The average Bonchev–Trinajstić information content (AvgIpc) is 2.57. The lowest BCUT2D eigenvalue weighted by Crippen LogP contribution is -2.30. The molecule has 1 amide bonds. The molecule has 0 bridgehead atoms. The zero-order valence-corrected chi connectivity index (χ0v) is 10.6. The number of nitrogens with one attached hydrogen (secondary N) is 1. The summed E-state index contributed by atoms with van der Waals surface area (Å²) in [5.41, 5.74) is 2.89. The third-order valence-electron chi connectivity index (χ3n) is 3.00. The number of nitrogens with two attached hydrogens (primary N) is 1. The second-order valence-electron chi connectivity index (χ2n) is 4.44. The Hall–Kier alpha value is -1.37. The number of ether oxygens (including phenoxy) is 1. The van der Waals surface area contributed by atoms with E-state index in [1.165, 1.54) is 0 Å². The lowest BCUT2D eigenvalue weighted by atomic mass is 10.2. The average molecular weight is 253 g/mol. The van der Waals surface area contributed by atoms with Crippen LogP contribution in [0.25, 0.3) is 0 Å². The Morgan fingerprint density at radius 1 is 1.50 bits per heavy atom. The Kier molecular flexibility index (Phi) is 4.35. The molecule has 18 heavy (non-hydrogen) atoms. The van der Waals surface area contributed by atoms with Gasteiger partial charge >= 0.3 is 5.91 Å². The third kappa shape index (κ3) is 3.10. The number of furan rings is 1. The predicted molar refractivity (Wildman–Crippen MR) is 65.8 cm³/mol. The largest absolute Gasteiger partial charge is 0.454 e. The number of nitrogens with zero attached hydrogens (tertiary/aromatic N) is 1. The summed E-state index contributed by atoms with van der Waals surface area (Å²) in [5, 5.41) is 0. The van der Waals surface area contributed by atoms with Crippen LogP contribution in [-0.4, -0.2) is 37.1 Å². The van der Waals surface area contributed by atoms with Crippen LogP contribution in [0.1, 0.15) is 28.3 Å². The fourth-order valence-corrected chi connectivity index (χ4v) is 2.09. The van der Waals surface area contributed by atoms with Crippen molar-refractivity contribution >= 4 is 5.91 Å². The molecule has 6 heteroatoms. The molecule has 1 aliphatic heterocycles. The van der Waals surface area contributed by atoms with Crippen LogP contribution >= 0.6 is 0 Å². The zero-order valence-electron chi connectivity index (χ0n) is 10.6. The second-order valence-corrected chi connectivity index (χ2v) is 4.44. The summed E-state index contributed by atoms with van der Waals surface area (Å²) in [6, 6.07) is 1.89. The van der Waals surface area contributed by atoms with E-state index < -0.39 is 5.91 Å². The zero-order chi connectivity index (χ0) is 13.0. The van der Waals surface area contributed by atoms with E-state index >= 15 is 0 Å². The van der Waals surface area contributed by atoms with Crippen molar-refractivity contribution in [3.8, 4) is 0 Å². The van der Waals surface area contributed by atoms with Crippen LogP contribution in [0, 0.1) is 6.92 Å². The second kappa shape index (κ2) is 5.99. The molecule has 0 saturated carbocycles. The molecule has 100 valence electrons. The Morgan fingerprint density at radius 2 is 2.33 bits per heavy atom. The first-order valence-corrected chi connectivity index (χ1v) is 6.11. The Labute approximate surface area is 106 Å². The number of nitrogen functional groups attached to an aromatic ring is 1. The summed E-state index contributed by atoms with van der Waals surface area (Å²) in [4.78, 5) is 13.7. The normalized spacial score (nSPS) is 17.4. The minimum atomic E-state index is -0.391. The molecule has 1 saturated heterocycles. The third-order valence-corrected chi connectivity index (χ3v) is 3.00. The lowest BCUT2D eigenvalue weighted by molar-refractivity contribution is 0.0920. The molecule has 0 aliphatic carbocycles. The molecule has 0 atom stereocenters. The highest BCUT2D eigenvalue weighted by atomic mass is 16.5. The fraction of sp³-hybridized carbons (Fsp3) is 0.583. The monoisotopic (exact) mass is 253 g/mol. The summed E-state index contributed by atoms with van der Waals surface area (Å²) in [7, 11) is 0. The maximum atomic E-state index is 11.4. The SMILES string of the molecule is Cc1cc(CN2CCCOCC2)oc1C(=O)NN. The molecule has 6 nitrogen and oxygen atoms in total. The number of hydrogen-bond donors (Lipinski definition) is 2. The van der Waals surface area contributed by atoms with Gasteiger partial charge in [-0.15, -0.1) is 0 Å². The van der Waals surface area contributed by atoms with E-state index in [0.29, 0.717) is 12.3 Å². The summed E-state index contributed by atoms with van der Waals surface area (Å²) in [6.45, 7) is 5.96. The minimum Gasteiger partial charge on any atom is -0.454 e. The molecule has 2 heterocycles. The number of hydrazine groups is 1. The van der Waals surface area contributed by atoms with Crippen LogP contribution in [0.15, 0.2) is 10.5 Å². The van der Waals surface area contributed by atoms with Gasteiger partial charge in [0, 0.05) is 25.3 Å². The molecule has 0 unspecified atom stereocenters. The van der Waals surface area contributed by atoms with Crippen LogP contribution in [-0.2, 0) is 11.3 Å². The Balaban J connectivity index is 2.02. The highest BCUT2D eigenvalue weighted by molar-refractivity contribution is 5.92. The van der Waals surface area contributed by atoms with Gasteiger partial charge in [-0.2, -0.15) is 0 Å². The van der Waals surface area contributed by atoms with Crippen molar-refractivity contribution in [3.05, 3.63) is 23.2 Å². The van der Waals surface area contributed by atoms with Gasteiger partial charge in [-0.05, 0) is 19.4 Å². The van der Waals surface area contributed by atoms with E-state index in [1.54, 1.807) is 0 Å². The number of carbonyl (C=O) groups excluding carboxylic acids is 1. The van der Waals surface area contributed by atoms with Crippen molar-refractivity contribution in [2.24, 2.45) is 5.84 Å². The van der Waals surface area contributed by atoms with Crippen LogP contribution in [0.2, 0.25) is 0 Å². The van der Waals surface area contributed by atoms with Gasteiger partial charge in [-0.25, -0.2) is 5.84 Å². The molecule has 0 spiro atoms. The number of carbonyl (C=O) groups is 1. The molecule has 0 radical (unpaired) electrons. The van der Waals surface area contributed by atoms with Crippen molar-refractivity contribution in [2.75, 3.05) is 26.3 Å². The minimum absolute atomic E-state index is 0.290. The molecule has 1 fully saturated rings. The van der Waals surface area contributed by atoms with Gasteiger partial charge in [0.15, 0.2) is 5.76 Å². The van der Waals surface area contributed by atoms with E-state index in [4.69, 9.17) is 15.0 Å². The molecule has 1 aliphatic rings. The van der Waals surface area contributed by atoms with Crippen molar-refractivity contribution < 1.29 is 13.9 Å². The Bertz CT molecular complexity index is 409. The number of amides is 1. The van der Waals surface area contributed by atoms with Crippen LogP contribution in [0.4, 0.5) is 0 Å². The van der Waals surface area contributed by atoms with Crippen molar-refractivity contribution in [1.29, 1.82) is 0 Å². The van der Waals surface area contributed by atoms with Crippen LogP contribution in [0.3, 0.4) is 0 Å². The van der Waals surface area contributed by atoms with Gasteiger partial charge in [0.2, 0.25) is 0 Å².